The van der Waals surface area contributed by atoms with Crippen LogP contribution in [0.5, 0.6) is 5.75 Å². The van der Waals surface area contributed by atoms with Crippen LogP contribution in [-0.4, -0.2) is 16.7 Å². The van der Waals surface area contributed by atoms with Gasteiger partial charge < -0.3 is 9.30 Å². The fourth-order valence-corrected chi connectivity index (χ4v) is 4.00. The van der Waals surface area contributed by atoms with Gasteiger partial charge in [-0.1, -0.05) is 54.6 Å². The molecule has 0 unspecified atom stereocenters. The summed E-state index contributed by atoms with van der Waals surface area (Å²) < 4.78 is 7.64. The van der Waals surface area contributed by atoms with Crippen molar-refractivity contribution in [2.45, 2.75) is 13.2 Å². The maximum Gasteiger partial charge on any atom is 0.260 e. The molecule has 0 spiro atoms. The third-order valence-electron chi connectivity index (χ3n) is 5.71. The Morgan fingerprint density at radius 1 is 0.800 bits per heavy atom. The van der Waals surface area contributed by atoms with Gasteiger partial charge in [-0.15, -0.1) is 0 Å². The topological polar surface area (TPSA) is 72.7 Å². The van der Waals surface area contributed by atoms with Gasteiger partial charge in [0, 0.05) is 10.8 Å². The molecule has 0 atom stereocenters. The lowest BCUT2D eigenvalue weighted by molar-refractivity contribution is -0.121. The normalized spacial score (nSPS) is 11.2. The maximum atomic E-state index is 12.8. The average molecular weight is 462 g/mol. The van der Waals surface area contributed by atoms with Crippen molar-refractivity contribution in [1.82, 2.24) is 9.99 Å². The smallest absolute Gasteiger partial charge is 0.260 e. The third-order valence-corrected chi connectivity index (χ3v) is 5.71. The van der Waals surface area contributed by atoms with E-state index in [0.717, 1.165) is 16.9 Å². The summed E-state index contributed by atoms with van der Waals surface area (Å²) in [4.78, 5) is 25.6. The standard InChI is InChI=1S/C29H23N3O3/c33-28(19-32-26-12-6-4-10-24(26)29(34)25-11-5-7-13-27(25)32)31-30-18-21-14-16-23(17-15-21)35-20-22-8-2-1-3-9-22/h1-18H,19-20H2,(H,31,33)/b30-18-. The molecular formula is C29H23N3O3. The van der Waals surface area contributed by atoms with Gasteiger partial charge in [0.2, 0.25) is 0 Å². The predicted octanol–water partition coefficient (Wildman–Crippen LogP) is 4.88. The molecule has 1 N–H and O–H groups in total. The largest absolute Gasteiger partial charge is 0.489 e. The van der Waals surface area contributed by atoms with Crippen LogP contribution in [0.4, 0.5) is 0 Å². The molecule has 0 aliphatic rings. The maximum absolute atomic E-state index is 12.8. The zero-order chi connectivity index (χ0) is 24.0. The summed E-state index contributed by atoms with van der Waals surface area (Å²) in [6, 6.07) is 32.1. The Hall–Kier alpha value is -4.71. The Labute approximate surface area is 202 Å². The highest BCUT2D eigenvalue weighted by Crippen LogP contribution is 2.19. The number of pyridine rings is 1. The summed E-state index contributed by atoms with van der Waals surface area (Å²) in [5, 5.41) is 5.26. The molecule has 35 heavy (non-hydrogen) atoms. The van der Waals surface area contributed by atoms with Crippen LogP contribution in [0.15, 0.2) is 113 Å². The van der Waals surface area contributed by atoms with Crippen molar-refractivity contribution in [3.8, 4) is 5.75 Å². The number of benzene rings is 4. The van der Waals surface area contributed by atoms with Gasteiger partial charge in [0.25, 0.3) is 5.91 Å². The number of para-hydroxylation sites is 2. The molecule has 4 aromatic carbocycles. The van der Waals surface area contributed by atoms with Gasteiger partial charge >= 0.3 is 0 Å². The van der Waals surface area contributed by atoms with E-state index in [0.29, 0.717) is 28.4 Å². The molecule has 1 amide bonds. The predicted molar refractivity (Wildman–Crippen MR) is 139 cm³/mol. The van der Waals surface area contributed by atoms with E-state index in [1.54, 1.807) is 18.3 Å². The second kappa shape index (κ2) is 10.1. The average Bonchev–Trinajstić information content (AvgIpc) is 2.91. The summed E-state index contributed by atoms with van der Waals surface area (Å²) >= 11 is 0. The van der Waals surface area contributed by atoms with Crippen LogP contribution in [-0.2, 0) is 17.9 Å². The molecule has 6 nitrogen and oxygen atoms in total. The van der Waals surface area contributed by atoms with Crippen LogP contribution in [0.3, 0.4) is 0 Å². The number of ether oxygens (including phenoxy) is 1. The van der Waals surface area contributed by atoms with Gasteiger partial charge in [-0.2, -0.15) is 5.10 Å². The van der Waals surface area contributed by atoms with Crippen LogP contribution in [0.1, 0.15) is 11.1 Å². The van der Waals surface area contributed by atoms with Gasteiger partial charge in [-0.3, -0.25) is 9.59 Å². The number of hydrazone groups is 1. The third kappa shape index (κ3) is 4.96. The molecule has 0 aliphatic carbocycles. The fraction of sp³-hybridized carbons (Fsp3) is 0.0690. The van der Waals surface area contributed by atoms with E-state index >= 15 is 0 Å². The van der Waals surface area contributed by atoms with E-state index < -0.39 is 0 Å². The zero-order valence-electron chi connectivity index (χ0n) is 18.9. The minimum absolute atomic E-state index is 0.0326. The molecule has 5 aromatic rings. The fourth-order valence-electron chi connectivity index (χ4n) is 4.00. The second-order valence-electron chi connectivity index (χ2n) is 8.09. The van der Waals surface area contributed by atoms with Crippen molar-refractivity contribution in [1.29, 1.82) is 0 Å². The van der Waals surface area contributed by atoms with E-state index in [1.807, 2.05) is 95.6 Å². The van der Waals surface area contributed by atoms with Crippen molar-refractivity contribution < 1.29 is 9.53 Å². The Morgan fingerprint density at radius 2 is 1.40 bits per heavy atom. The number of rotatable bonds is 7. The van der Waals surface area contributed by atoms with Crippen molar-refractivity contribution in [2.24, 2.45) is 5.10 Å². The monoisotopic (exact) mass is 461 g/mol. The summed E-state index contributed by atoms with van der Waals surface area (Å²) in [5.74, 6) is 0.468. The zero-order valence-corrected chi connectivity index (χ0v) is 18.9. The number of amides is 1. The first kappa shape index (κ1) is 22.1. The highest BCUT2D eigenvalue weighted by molar-refractivity contribution is 5.95. The molecule has 0 saturated carbocycles. The second-order valence-corrected chi connectivity index (χ2v) is 8.09. The molecule has 0 saturated heterocycles. The van der Waals surface area contributed by atoms with Crippen molar-refractivity contribution in [2.75, 3.05) is 0 Å². The summed E-state index contributed by atoms with van der Waals surface area (Å²) in [7, 11) is 0. The van der Waals surface area contributed by atoms with E-state index in [9.17, 15) is 9.59 Å². The minimum atomic E-state index is -0.289. The first-order chi connectivity index (χ1) is 17.2. The first-order valence-electron chi connectivity index (χ1n) is 11.3. The molecule has 0 bridgehead atoms. The first-order valence-corrected chi connectivity index (χ1v) is 11.3. The lowest BCUT2D eigenvalue weighted by Crippen LogP contribution is -2.25. The number of hydrogen-bond donors (Lipinski definition) is 1. The molecule has 0 aliphatic heterocycles. The number of fused-ring (bicyclic) bond motifs is 2. The Kier molecular flexibility index (Phi) is 6.35. The van der Waals surface area contributed by atoms with Crippen LogP contribution >= 0.6 is 0 Å². The summed E-state index contributed by atoms with van der Waals surface area (Å²) in [6.45, 7) is 0.531. The molecule has 0 fully saturated rings. The van der Waals surface area contributed by atoms with Crippen LogP contribution in [0.2, 0.25) is 0 Å². The number of carbonyl (C=O) groups excluding carboxylic acids is 1. The molecule has 0 radical (unpaired) electrons. The lowest BCUT2D eigenvalue weighted by Gasteiger charge is -2.14. The van der Waals surface area contributed by atoms with E-state index in [1.165, 1.54) is 0 Å². The Bertz CT molecular complexity index is 1510. The van der Waals surface area contributed by atoms with Gasteiger partial charge in [-0.25, -0.2) is 5.43 Å². The van der Waals surface area contributed by atoms with Crippen LogP contribution in [0, 0.1) is 0 Å². The summed E-state index contributed by atoms with van der Waals surface area (Å²) in [6.07, 6.45) is 1.58. The van der Waals surface area contributed by atoms with E-state index in [-0.39, 0.29) is 17.9 Å². The van der Waals surface area contributed by atoms with Crippen molar-refractivity contribution >= 4 is 33.9 Å². The Morgan fingerprint density at radius 3 is 2.06 bits per heavy atom. The van der Waals surface area contributed by atoms with Crippen molar-refractivity contribution in [3.63, 3.8) is 0 Å². The highest BCUT2D eigenvalue weighted by Gasteiger charge is 2.12. The van der Waals surface area contributed by atoms with Gasteiger partial charge in [-0.05, 0) is 59.7 Å². The molecular weight excluding hydrogens is 438 g/mol. The van der Waals surface area contributed by atoms with Crippen molar-refractivity contribution in [3.05, 3.63) is 124 Å². The SMILES string of the molecule is O=C(Cn1c2ccccc2c(=O)c2ccccc21)N/N=C\c1ccc(OCc2ccccc2)cc1. The van der Waals surface area contributed by atoms with Gasteiger partial charge in [0.1, 0.15) is 18.9 Å². The minimum Gasteiger partial charge on any atom is -0.489 e. The van der Waals surface area contributed by atoms with Gasteiger partial charge in [0.05, 0.1) is 17.2 Å². The number of aromatic nitrogens is 1. The quantitative estimate of drug-likeness (QED) is 0.213. The van der Waals surface area contributed by atoms with Gasteiger partial charge in [0.15, 0.2) is 5.43 Å². The number of nitrogens with zero attached hydrogens (tertiary/aromatic N) is 2. The van der Waals surface area contributed by atoms with E-state index in [4.69, 9.17) is 4.74 Å². The summed E-state index contributed by atoms with van der Waals surface area (Å²) in [5.41, 5.74) is 5.90. The molecule has 1 heterocycles. The number of hydrogen-bond acceptors (Lipinski definition) is 4. The Balaban J connectivity index is 1.26. The highest BCUT2D eigenvalue weighted by atomic mass is 16.5. The number of carbonyl (C=O) groups is 1. The van der Waals surface area contributed by atoms with Crippen LogP contribution in [0.25, 0.3) is 21.8 Å². The molecule has 6 heteroatoms. The molecule has 172 valence electrons. The molecule has 5 rings (SSSR count). The lowest BCUT2D eigenvalue weighted by atomic mass is 10.1. The van der Waals surface area contributed by atoms with E-state index in [2.05, 4.69) is 10.5 Å². The molecule has 1 aromatic heterocycles. The number of nitrogens with one attached hydrogen (secondary N) is 1. The van der Waals surface area contributed by atoms with Crippen LogP contribution < -0.4 is 15.6 Å².